The lowest BCUT2D eigenvalue weighted by Gasteiger charge is -2.31. The molecule has 92 valence electrons. The molecule has 0 amide bonds. The second-order valence-electron chi connectivity index (χ2n) is 4.02. The van der Waals surface area contributed by atoms with Crippen LogP contribution >= 0.6 is 23.5 Å². The van der Waals surface area contributed by atoms with Gasteiger partial charge in [0.05, 0.1) is 12.4 Å². The van der Waals surface area contributed by atoms with Gasteiger partial charge in [-0.05, 0) is 6.92 Å². The second kappa shape index (κ2) is 5.96. The number of carbonyl (C=O) groups is 2. The van der Waals surface area contributed by atoms with Crippen LogP contribution in [0.15, 0.2) is 0 Å². The molecule has 0 bridgehead atoms. The van der Waals surface area contributed by atoms with Crippen LogP contribution in [0.2, 0.25) is 0 Å². The van der Waals surface area contributed by atoms with Crippen molar-refractivity contribution < 1.29 is 14.3 Å². The van der Waals surface area contributed by atoms with Crippen LogP contribution < -0.4 is 0 Å². The van der Waals surface area contributed by atoms with E-state index in [9.17, 15) is 9.59 Å². The highest BCUT2D eigenvalue weighted by Gasteiger charge is 2.35. The lowest BCUT2D eigenvalue weighted by atomic mass is 10.0. The van der Waals surface area contributed by atoms with Crippen molar-refractivity contribution in [2.75, 3.05) is 12.9 Å². The number of methoxy groups -OCH3 is 1. The predicted octanol–water partition coefficient (Wildman–Crippen LogP) is 1.99. The molecule has 1 aliphatic heterocycles. The number of ketones is 1. The third-order valence-corrected chi connectivity index (χ3v) is 6.26. The van der Waals surface area contributed by atoms with E-state index in [0.29, 0.717) is 10.5 Å². The standard InChI is InChI=1S/C11H18O3S2/c1-6(11(13)14-4)10(12)9-5-15-7(2)8(3)16-9/h6-9H,5H2,1-4H3. The first kappa shape index (κ1) is 13.9. The zero-order valence-electron chi connectivity index (χ0n) is 10.1. The summed E-state index contributed by atoms with van der Waals surface area (Å²) in [6.07, 6.45) is 0. The van der Waals surface area contributed by atoms with Crippen LogP contribution in [0.1, 0.15) is 20.8 Å². The van der Waals surface area contributed by atoms with Crippen molar-refractivity contribution in [2.45, 2.75) is 36.5 Å². The number of Topliss-reactive ketones (excluding diaryl/α,β-unsaturated/α-hetero) is 1. The van der Waals surface area contributed by atoms with Gasteiger partial charge in [0.15, 0.2) is 5.78 Å². The molecule has 0 aliphatic carbocycles. The van der Waals surface area contributed by atoms with Crippen LogP contribution in [0.5, 0.6) is 0 Å². The van der Waals surface area contributed by atoms with Crippen LogP contribution in [-0.2, 0) is 14.3 Å². The number of hydrogen-bond donors (Lipinski definition) is 0. The van der Waals surface area contributed by atoms with Crippen molar-refractivity contribution in [3.05, 3.63) is 0 Å². The topological polar surface area (TPSA) is 43.4 Å². The molecule has 0 saturated carbocycles. The zero-order valence-corrected chi connectivity index (χ0v) is 11.7. The van der Waals surface area contributed by atoms with Crippen LogP contribution in [0, 0.1) is 5.92 Å². The molecular weight excluding hydrogens is 244 g/mol. The van der Waals surface area contributed by atoms with Crippen LogP contribution in [-0.4, -0.2) is 40.4 Å². The number of ether oxygens (including phenoxy) is 1. The largest absolute Gasteiger partial charge is 0.468 e. The minimum absolute atomic E-state index is 0.00287. The molecule has 5 heteroatoms. The molecular formula is C11H18O3S2. The number of thioether (sulfide) groups is 2. The summed E-state index contributed by atoms with van der Waals surface area (Å²) in [7, 11) is 1.32. The van der Waals surface area contributed by atoms with E-state index in [-0.39, 0.29) is 11.0 Å². The minimum atomic E-state index is -0.635. The molecule has 0 N–H and O–H groups in total. The fraction of sp³-hybridized carbons (Fsp3) is 0.818. The molecule has 4 atom stereocenters. The maximum absolute atomic E-state index is 12.0. The minimum Gasteiger partial charge on any atom is -0.468 e. The Hall–Kier alpha value is -0.160. The van der Waals surface area contributed by atoms with Gasteiger partial charge in [-0.15, -0.1) is 11.8 Å². The molecule has 1 fully saturated rings. The molecule has 4 unspecified atom stereocenters. The summed E-state index contributed by atoms with van der Waals surface area (Å²) in [4.78, 5) is 23.3. The maximum Gasteiger partial charge on any atom is 0.315 e. The third-order valence-electron chi connectivity index (χ3n) is 2.85. The Morgan fingerprint density at radius 3 is 2.44 bits per heavy atom. The molecule has 1 saturated heterocycles. The molecule has 0 aromatic rings. The summed E-state index contributed by atoms with van der Waals surface area (Å²) in [5.41, 5.74) is 0. The summed E-state index contributed by atoms with van der Waals surface area (Å²) in [5.74, 6) is -0.259. The van der Waals surface area contributed by atoms with Gasteiger partial charge in [-0.1, -0.05) is 13.8 Å². The SMILES string of the molecule is COC(=O)C(C)C(=O)C1CSC(C)C(C)S1. The third kappa shape index (κ3) is 3.17. The fourth-order valence-corrected chi connectivity index (χ4v) is 4.47. The van der Waals surface area contributed by atoms with Crippen molar-refractivity contribution in [1.82, 2.24) is 0 Å². The van der Waals surface area contributed by atoms with Crippen LogP contribution in [0.25, 0.3) is 0 Å². The molecule has 0 aromatic carbocycles. The molecule has 3 nitrogen and oxygen atoms in total. The molecule has 0 spiro atoms. The molecule has 1 heterocycles. The molecule has 0 aromatic heterocycles. The predicted molar refractivity (Wildman–Crippen MR) is 68.9 cm³/mol. The van der Waals surface area contributed by atoms with Crippen molar-refractivity contribution in [1.29, 1.82) is 0 Å². The first-order valence-corrected chi connectivity index (χ1v) is 7.35. The molecule has 1 aliphatic rings. The average Bonchev–Trinajstić information content (AvgIpc) is 2.29. The Morgan fingerprint density at radius 2 is 1.94 bits per heavy atom. The number of hydrogen-bond acceptors (Lipinski definition) is 5. The summed E-state index contributed by atoms with van der Waals surface area (Å²) in [6.45, 7) is 5.93. The monoisotopic (exact) mass is 262 g/mol. The van der Waals surface area contributed by atoms with Gasteiger partial charge in [-0.3, -0.25) is 9.59 Å². The second-order valence-corrected chi connectivity index (χ2v) is 7.01. The highest BCUT2D eigenvalue weighted by atomic mass is 32.2. The van der Waals surface area contributed by atoms with Crippen LogP contribution in [0.4, 0.5) is 0 Å². The van der Waals surface area contributed by atoms with E-state index in [0.717, 1.165) is 5.75 Å². The zero-order chi connectivity index (χ0) is 12.3. The average molecular weight is 262 g/mol. The Balaban J connectivity index is 2.58. The van der Waals surface area contributed by atoms with Gasteiger partial charge in [0.2, 0.25) is 0 Å². The van der Waals surface area contributed by atoms with Gasteiger partial charge >= 0.3 is 5.97 Å². The van der Waals surface area contributed by atoms with Crippen molar-refractivity contribution in [3.63, 3.8) is 0 Å². The first-order valence-electron chi connectivity index (χ1n) is 5.36. The van der Waals surface area contributed by atoms with Gasteiger partial charge < -0.3 is 4.74 Å². The number of rotatable bonds is 3. The van der Waals surface area contributed by atoms with Crippen molar-refractivity contribution in [3.8, 4) is 0 Å². The van der Waals surface area contributed by atoms with Gasteiger partial charge in [-0.2, -0.15) is 11.8 Å². The Morgan fingerprint density at radius 1 is 1.31 bits per heavy atom. The summed E-state index contributed by atoms with van der Waals surface area (Å²) in [5, 5.41) is 0.963. The van der Waals surface area contributed by atoms with E-state index in [1.165, 1.54) is 7.11 Å². The molecule has 16 heavy (non-hydrogen) atoms. The van der Waals surface area contributed by atoms with Gasteiger partial charge in [-0.25, -0.2) is 0 Å². The maximum atomic E-state index is 12.0. The quantitative estimate of drug-likeness (QED) is 0.575. The van der Waals surface area contributed by atoms with Gasteiger partial charge in [0, 0.05) is 16.3 Å². The number of carbonyl (C=O) groups excluding carboxylic acids is 2. The van der Waals surface area contributed by atoms with E-state index in [1.54, 1.807) is 30.4 Å². The van der Waals surface area contributed by atoms with Gasteiger partial charge in [0.25, 0.3) is 0 Å². The lowest BCUT2D eigenvalue weighted by molar-refractivity contribution is -0.148. The molecule has 0 radical (unpaired) electrons. The van der Waals surface area contributed by atoms with Crippen LogP contribution in [0.3, 0.4) is 0 Å². The summed E-state index contributed by atoms with van der Waals surface area (Å²) in [6, 6.07) is 0. The molecule has 1 rings (SSSR count). The normalized spacial score (nSPS) is 31.9. The Kier molecular flexibility index (Phi) is 5.18. The van der Waals surface area contributed by atoms with E-state index < -0.39 is 11.9 Å². The fourth-order valence-electron chi connectivity index (χ4n) is 1.50. The van der Waals surface area contributed by atoms with Crippen molar-refractivity contribution in [2.24, 2.45) is 5.92 Å². The lowest BCUT2D eigenvalue weighted by Crippen LogP contribution is -2.37. The van der Waals surface area contributed by atoms with Gasteiger partial charge in [0.1, 0.15) is 5.92 Å². The van der Waals surface area contributed by atoms with Crippen molar-refractivity contribution >= 4 is 35.3 Å². The summed E-state index contributed by atoms with van der Waals surface area (Å²) < 4.78 is 4.60. The van der Waals surface area contributed by atoms with E-state index in [4.69, 9.17) is 0 Å². The Bertz CT molecular complexity index is 280. The number of esters is 1. The first-order chi connectivity index (χ1) is 7.47. The van der Waals surface area contributed by atoms with E-state index >= 15 is 0 Å². The van der Waals surface area contributed by atoms with E-state index in [2.05, 4.69) is 18.6 Å². The smallest absolute Gasteiger partial charge is 0.315 e. The Labute approximate surface area is 105 Å². The van der Waals surface area contributed by atoms with E-state index in [1.807, 2.05) is 0 Å². The highest BCUT2D eigenvalue weighted by molar-refractivity contribution is 8.08. The summed E-state index contributed by atoms with van der Waals surface area (Å²) >= 11 is 3.49. The highest BCUT2D eigenvalue weighted by Crippen LogP contribution is 2.36.